The number of imidazole rings is 2. The van der Waals surface area contributed by atoms with Gasteiger partial charge in [-0.2, -0.15) is 0 Å². The second-order valence-corrected chi connectivity index (χ2v) is 9.87. The van der Waals surface area contributed by atoms with Crippen molar-refractivity contribution in [2.45, 2.75) is 37.8 Å². The number of halogens is 1. The topological polar surface area (TPSA) is 164 Å². The highest BCUT2D eigenvalue weighted by molar-refractivity contribution is 5.89. The number of rotatable bonds is 5. The van der Waals surface area contributed by atoms with E-state index in [0.717, 1.165) is 65.6 Å². The van der Waals surface area contributed by atoms with E-state index < -0.39 is 0 Å². The highest BCUT2D eigenvalue weighted by Gasteiger charge is 2.20. The van der Waals surface area contributed by atoms with Crippen molar-refractivity contribution >= 4 is 23.2 Å². The zero-order chi connectivity index (χ0) is 23.9. The number of hydrogen-bond acceptors (Lipinski definition) is 7. The van der Waals surface area contributed by atoms with Gasteiger partial charge in [-0.1, -0.05) is 36.4 Å². The number of aromatic amines is 2. The molecule has 2 fully saturated rings. The van der Waals surface area contributed by atoms with Crippen molar-refractivity contribution in [1.29, 1.82) is 0 Å². The summed E-state index contributed by atoms with van der Waals surface area (Å²) in [6.45, 7) is 2.13. The Labute approximate surface area is 234 Å². The van der Waals surface area contributed by atoms with E-state index in [-0.39, 0.29) is 24.7 Å². The van der Waals surface area contributed by atoms with E-state index >= 15 is 0 Å². The van der Waals surface area contributed by atoms with Crippen LogP contribution in [0.2, 0.25) is 0 Å². The summed E-state index contributed by atoms with van der Waals surface area (Å²) >= 11 is 0. The van der Waals surface area contributed by atoms with E-state index in [0.29, 0.717) is 12.1 Å². The predicted molar refractivity (Wildman–Crippen MR) is 160 cm³/mol. The molecule has 2 aliphatic heterocycles. The monoisotopic (exact) mass is 545 g/mol. The molecule has 2 aromatic carbocycles. The first-order chi connectivity index (χ1) is 17.8. The van der Waals surface area contributed by atoms with Gasteiger partial charge >= 0.3 is 0 Å². The minimum Gasteiger partial charge on any atom is -0.344 e. The van der Waals surface area contributed by atoms with Gasteiger partial charge in [0.05, 0.1) is 41.6 Å². The van der Waals surface area contributed by atoms with E-state index in [4.69, 9.17) is 4.98 Å². The summed E-state index contributed by atoms with van der Waals surface area (Å²) in [6, 6.07) is 18.1. The summed E-state index contributed by atoms with van der Waals surface area (Å²) in [5, 5.41) is 9.29. The molecular weight excluding hydrogens is 510 g/mol. The Morgan fingerprint density at radius 2 is 1.18 bits per heavy atom. The van der Waals surface area contributed by atoms with Gasteiger partial charge in [-0.25, -0.2) is 9.97 Å². The molecule has 10 N–H and O–H groups in total. The summed E-state index contributed by atoms with van der Waals surface area (Å²) < 4.78 is 0. The molecule has 5 heterocycles. The summed E-state index contributed by atoms with van der Waals surface area (Å²) in [5.74, 6) is 2.04. The number of hydrogen-bond donors (Lipinski definition) is 6. The third kappa shape index (κ3) is 5.59. The molecule has 0 saturated carbocycles. The summed E-state index contributed by atoms with van der Waals surface area (Å²) in [4.78, 5) is 20.9. The van der Waals surface area contributed by atoms with Crippen molar-refractivity contribution in [2.24, 2.45) is 0 Å². The molecule has 7 rings (SSSR count). The molecule has 2 atom stereocenters. The van der Waals surface area contributed by atoms with E-state index in [1.54, 1.807) is 0 Å². The summed E-state index contributed by atoms with van der Waals surface area (Å²) in [6.07, 6.45) is 10.5. The van der Waals surface area contributed by atoms with Gasteiger partial charge in [0.15, 0.2) is 0 Å². The van der Waals surface area contributed by atoms with Crippen LogP contribution in [0.4, 0.5) is 0 Å². The van der Waals surface area contributed by atoms with Crippen LogP contribution in [0.1, 0.15) is 49.4 Å². The van der Waals surface area contributed by atoms with Crippen molar-refractivity contribution in [2.75, 3.05) is 13.1 Å². The van der Waals surface area contributed by atoms with Gasteiger partial charge in [0.1, 0.15) is 11.6 Å². The highest BCUT2D eigenvalue weighted by Crippen LogP contribution is 2.30. The van der Waals surface area contributed by atoms with E-state index in [9.17, 15) is 0 Å². The Kier molecular flexibility index (Phi) is 8.79. The van der Waals surface area contributed by atoms with Gasteiger partial charge in [-0.05, 0) is 73.0 Å². The first-order valence-corrected chi connectivity index (χ1v) is 12.9. The van der Waals surface area contributed by atoms with Crippen LogP contribution in [0.15, 0.2) is 67.1 Å². The summed E-state index contributed by atoms with van der Waals surface area (Å²) in [5.41, 5.74) is 6.46. The van der Waals surface area contributed by atoms with Crippen molar-refractivity contribution in [3.63, 3.8) is 0 Å². The molecule has 0 aliphatic carbocycles. The Balaban J connectivity index is 0.00000118. The smallest absolute Gasteiger partial charge is 0.123 e. The lowest BCUT2D eigenvalue weighted by molar-refractivity contribution is 0.613. The van der Waals surface area contributed by atoms with Crippen molar-refractivity contribution in [1.82, 2.24) is 47.9 Å². The average molecular weight is 546 g/mol. The zero-order valence-corrected chi connectivity index (χ0v) is 22.7. The number of fused-ring (bicyclic) bond motifs is 1. The second kappa shape index (κ2) is 12.1. The van der Waals surface area contributed by atoms with Crippen LogP contribution in [0.3, 0.4) is 0 Å². The number of pyridine rings is 1. The van der Waals surface area contributed by atoms with Gasteiger partial charge in [-0.15, -0.1) is 12.4 Å². The van der Waals surface area contributed by atoms with Crippen LogP contribution in [-0.2, 0) is 0 Å². The number of nitrogens with one attached hydrogen (secondary N) is 4. The van der Waals surface area contributed by atoms with Crippen LogP contribution in [-0.4, -0.2) is 38.0 Å². The quantitative estimate of drug-likeness (QED) is 0.151. The fourth-order valence-electron chi connectivity index (χ4n) is 5.45. The minimum absolute atomic E-state index is 0. The van der Waals surface area contributed by atoms with Crippen LogP contribution >= 0.6 is 12.4 Å². The maximum Gasteiger partial charge on any atom is 0.123 e. The lowest BCUT2D eigenvalue weighted by Gasteiger charge is -2.08. The Morgan fingerprint density at radius 3 is 1.82 bits per heavy atom. The van der Waals surface area contributed by atoms with E-state index in [1.807, 2.05) is 18.6 Å². The first kappa shape index (κ1) is 28.4. The Hall–Kier alpha value is -3.60. The molecule has 204 valence electrons. The number of benzene rings is 2. The Bertz CT molecular complexity index is 1510. The van der Waals surface area contributed by atoms with Crippen molar-refractivity contribution in [3.8, 4) is 33.8 Å². The molecule has 39 heavy (non-hydrogen) atoms. The Morgan fingerprint density at radius 1 is 0.590 bits per heavy atom. The lowest BCUT2D eigenvalue weighted by Crippen LogP contribution is -2.14. The zero-order valence-electron chi connectivity index (χ0n) is 21.9. The molecule has 2 saturated heterocycles. The molecule has 0 unspecified atom stereocenters. The number of aromatic nitrogens is 5. The predicted octanol–water partition coefficient (Wildman–Crippen LogP) is 6.28. The van der Waals surface area contributed by atoms with Crippen LogP contribution < -0.4 is 22.9 Å². The fraction of sp³-hybridized carbons (Fsp3) is 0.276. The molecule has 0 bridgehead atoms. The molecule has 5 aromatic rings. The molecule has 9 nitrogen and oxygen atoms in total. The standard InChI is InChI=1S/C29H29N7.ClH.2H3N/c1-3-23(30-11-1)28-33-16-26(35-28)19-7-5-18(6-8-19)20-9-10-21-14-25(32-15-22(21)13-20)27-17-34-29(36-27)24-4-2-12-31-24;;;/h5-10,13-17,23-24,30-31H,1-4,11-12H2,(H,33,35)(H,34,36);1H;2*1H3/t23-,24-;;;/m0.../s1. The fourth-order valence-corrected chi connectivity index (χ4v) is 5.45. The first-order valence-electron chi connectivity index (χ1n) is 12.9. The third-order valence-electron chi connectivity index (χ3n) is 7.50. The molecule has 2 aliphatic rings. The van der Waals surface area contributed by atoms with Gasteiger partial charge in [-0.3, -0.25) is 4.98 Å². The van der Waals surface area contributed by atoms with E-state index in [1.165, 1.54) is 29.4 Å². The molecular formula is C29H36ClN9. The van der Waals surface area contributed by atoms with Crippen LogP contribution in [0.25, 0.3) is 44.5 Å². The van der Waals surface area contributed by atoms with Gasteiger partial charge < -0.3 is 32.9 Å². The average Bonchev–Trinajstić information content (AvgIpc) is 3.75. The SMILES string of the molecule is Cl.N.N.c1cc(-c2cnc([C@@H]3CCCN3)[nH]2)ccc1-c1ccc2cc(-c3cnc([C@@H]4CCCN4)[nH]3)ncc2c1. The van der Waals surface area contributed by atoms with Crippen molar-refractivity contribution < 1.29 is 0 Å². The normalized spacial score (nSPS) is 18.4. The maximum absolute atomic E-state index is 4.73. The maximum atomic E-state index is 4.73. The van der Waals surface area contributed by atoms with Crippen LogP contribution in [0, 0.1) is 0 Å². The highest BCUT2D eigenvalue weighted by atomic mass is 35.5. The number of nitrogens with zero attached hydrogens (tertiary/aromatic N) is 3. The molecule has 0 radical (unpaired) electrons. The second-order valence-electron chi connectivity index (χ2n) is 9.87. The molecule has 10 heteroatoms. The van der Waals surface area contributed by atoms with Gasteiger partial charge in [0.25, 0.3) is 0 Å². The van der Waals surface area contributed by atoms with Gasteiger partial charge in [0.2, 0.25) is 0 Å². The third-order valence-corrected chi connectivity index (χ3v) is 7.50. The summed E-state index contributed by atoms with van der Waals surface area (Å²) in [7, 11) is 0. The molecule has 0 amide bonds. The number of H-pyrrole nitrogens is 2. The minimum atomic E-state index is 0. The molecule has 3 aromatic heterocycles. The lowest BCUT2D eigenvalue weighted by atomic mass is 10.00. The largest absolute Gasteiger partial charge is 0.344 e. The van der Waals surface area contributed by atoms with Gasteiger partial charge in [0, 0.05) is 11.6 Å². The van der Waals surface area contributed by atoms with Crippen LogP contribution in [0.5, 0.6) is 0 Å². The molecule has 0 spiro atoms. The van der Waals surface area contributed by atoms with Crippen molar-refractivity contribution in [3.05, 3.63) is 78.8 Å². The van der Waals surface area contributed by atoms with E-state index in [2.05, 4.69) is 79.1 Å².